The van der Waals surface area contributed by atoms with Gasteiger partial charge in [0.2, 0.25) is 0 Å². The zero-order chi connectivity index (χ0) is 31.9. The van der Waals surface area contributed by atoms with Crippen LogP contribution in [0.1, 0.15) is 11.1 Å². The largest absolute Gasteiger partial charge is 0.327 e. The maximum Gasteiger partial charge on any atom is 0.0786 e. The van der Waals surface area contributed by atoms with Crippen molar-refractivity contribution in [2.45, 2.75) is 6.92 Å². The molecule has 8 rings (SSSR count). The van der Waals surface area contributed by atoms with Gasteiger partial charge in [-0.2, -0.15) is 0 Å². The van der Waals surface area contributed by atoms with Gasteiger partial charge in [-0.25, -0.2) is 0 Å². The third-order valence-corrected chi connectivity index (χ3v) is 9.27. The minimum atomic E-state index is 0.466. The number of nitrogens with zero attached hydrogens (tertiary/aromatic N) is 1. The molecule has 0 amide bonds. The molecule has 0 saturated heterocycles. The van der Waals surface area contributed by atoms with Crippen LogP contribution >= 0.6 is 0 Å². The Bertz CT molecular complexity index is 2480. The molecule has 0 aliphatic carbocycles. The van der Waals surface area contributed by atoms with E-state index in [0.717, 1.165) is 27.8 Å². The number of aryl methyl sites for hydroxylation is 1. The standard InChI is InChI=1S/C45H34N2/c1-29-19-20-32-28-33(22-21-31(32)27-29)43-37-14-5-7-16-39(37)44(40-17-8-6-15-38(40)43)41-23-24-42(36-13-4-3-12-35(36)41)45-34(18-10-26-47-45)30(2)11-9-25-46/h3-24,26-28H,2,25,46H2,1H3/b11-9-. The van der Waals surface area contributed by atoms with Crippen molar-refractivity contribution in [1.29, 1.82) is 0 Å². The van der Waals surface area contributed by atoms with Gasteiger partial charge in [0.15, 0.2) is 0 Å². The molecule has 8 aromatic rings. The fourth-order valence-electron chi connectivity index (χ4n) is 7.15. The molecule has 7 aromatic carbocycles. The van der Waals surface area contributed by atoms with E-state index in [1.807, 2.05) is 24.4 Å². The predicted octanol–water partition coefficient (Wildman–Crippen LogP) is 11.5. The van der Waals surface area contributed by atoms with Crippen LogP contribution in [0, 0.1) is 6.92 Å². The Morgan fingerprint density at radius 1 is 0.617 bits per heavy atom. The Morgan fingerprint density at radius 3 is 1.87 bits per heavy atom. The first-order chi connectivity index (χ1) is 23.1. The van der Waals surface area contributed by atoms with E-state index in [9.17, 15) is 0 Å². The summed E-state index contributed by atoms with van der Waals surface area (Å²) in [7, 11) is 0. The average Bonchev–Trinajstić information content (AvgIpc) is 3.12. The molecular weight excluding hydrogens is 569 g/mol. The lowest BCUT2D eigenvalue weighted by molar-refractivity contribution is 1.25. The zero-order valence-electron chi connectivity index (χ0n) is 26.4. The third kappa shape index (κ3) is 4.91. The lowest BCUT2D eigenvalue weighted by Gasteiger charge is -2.20. The minimum Gasteiger partial charge on any atom is -0.327 e. The molecule has 224 valence electrons. The molecule has 0 unspecified atom stereocenters. The van der Waals surface area contributed by atoms with Gasteiger partial charge < -0.3 is 5.73 Å². The van der Waals surface area contributed by atoms with Crippen LogP contribution < -0.4 is 5.73 Å². The fraction of sp³-hybridized carbons (Fsp3) is 0.0444. The van der Waals surface area contributed by atoms with Crippen molar-refractivity contribution in [3.05, 3.63) is 170 Å². The van der Waals surface area contributed by atoms with Gasteiger partial charge in [-0.3, -0.25) is 4.98 Å². The summed E-state index contributed by atoms with van der Waals surface area (Å²) in [6.45, 7) is 6.95. The van der Waals surface area contributed by atoms with Crippen molar-refractivity contribution >= 4 is 48.7 Å². The summed E-state index contributed by atoms with van der Waals surface area (Å²) in [4.78, 5) is 4.88. The molecule has 0 radical (unpaired) electrons. The molecule has 1 aromatic heterocycles. The summed E-state index contributed by atoms with van der Waals surface area (Å²) in [6.07, 6.45) is 5.77. The Hall–Kier alpha value is -5.83. The highest BCUT2D eigenvalue weighted by atomic mass is 14.7. The highest BCUT2D eigenvalue weighted by molar-refractivity contribution is 6.24. The van der Waals surface area contributed by atoms with E-state index < -0.39 is 0 Å². The highest BCUT2D eigenvalue weighted by Crippen LogP contribution is 2.47. The third-order valence-electron chi connectivity index (χ3n) is 9.27. The molecule has 2 nitrogen and oxygen atoms in total. The maximum atomic E-state index is 5.76. The van der Waals surface area contributed by atoms with Crippen LogP contribution in [0.2, 0.25) is 0 Å². The number of benzene rings is 7. The van der Waals surface area contributed by atoms with Gasteiger partial charge in [0, 0.05) is 23.9 Å². The second-order valence-electron chi connectivity index (χ2n) is 12.2. The Balaban J connectivity index is 1.41. The van der Waals surface area contributed by atoms with Crippen LogP contribution in [-0.2, 0) is 0 Å². The number of aromatic nitrogens is 1. The summed E-state index contributed by atoms with van der Waals surface area (Å²) < 4.78 is 0. The van der Waals surface area contributed by atoms with E-state index in [-0.39, 0.29) is 0 Å². The molecule has 2 N–H and O–H groups in total. The summed E-state index contributed by atoms with van der Waals surface area (Å²) in [5.41, 5.74) is 15.9. The summed E-state index contributed by atoms with van der Waals surface area (Å²) in [6, 6.07) is 48.5. The van der Waals surface area contributed by atoms with E-state index in [0.29, 0.717) is 6.54 Å². The number of fused-ring (bicyclic) bond motifs is 4. The van der Waals surface area contributed by atoms with E-state index in [1.165, 1.54) is 65.5 Å². The number of nitrogens with two attached hydrogens (primary N) is 1. The first-order valence-corrected chi connectivity index (χ1v) is 16.1. The van der Waals surface area contributed by atoms with Gasteiger partial charge >= 0.3 is 0 Å². The van der Waals surface area contributed by atoms with Crippen LogP contribution in [-0.4, -0.2) is 11.5 Å². The van der Waals surface area contributed by atoms with Gasteiger partial charge in [-0.05, 0) is 90.0 Å². The Kier molecular flexibility index (Phi) is 7.21. The van der Waals surface area contributed by atoms with Crippen molar-refractivity contribution in [3.63, 3.8) is 0 Å². The van der Waals surface area contributed by atoms with Gasteiger partial charge in [-0.15, -0.1) is 0 Å². The second-order valence-corrected chi connectivity index (χ2v) is 12.2. The van der Waals surface area contributed by atoms with Crippen LogP contribution in [0.4, 0.5) is 0 Å². The molecule has 0 spiro atoms. The summed E-state index contributed by atoms with van der Waals surface area (Å²) in [5, 5.41) is 9.83. The smallest absolute Gasteiger partial charge is 0.0786 e. The molecule has 2 heteroatoms. The molecule has 0 saturated carbocycles. The molecule has 1 heterocycles. The van der Waals surface area contributed by atoms with E-state index in [2.05, 4.69) is 141 Å². The fourth-order valence-corrected chi connectivity index (χ4v) is 7.15. The number of hydrogen-bond acceptors (Lipinski definition) is 2. The predicted molar refractivity (Wildman–Crippen MR) is 203 cm³/mol. The van der Waals surface area contributed by atoms with Crippen LogP contribution in [0.3, 0.4) is 0 Å². The highest BCUT2D eigenvalue weighted by Gasteiger charge is 2.20. The normalized spacial score (nSPS) is 11.7. The van der Waals surface area contributed by atoms with Crippen molar-refractivity contribution in [2.75, 3.05) is 6.54 Å². The Labute approximate surface area is 275 Å². The summed E-state index contributed by atoms with van der Waals surface area (Å²) >= 11 is 0. The average molecular weight is 603 g/mol. The number of pyridine rings is 1. The lowest BCUT2D eigenvalue weighted by Crippen LogP contribution is -1.96. The quantitative estimate of drug-likeness (QED) is 0.152. The van der Waals surface area contributed by atoms with E-state index >= 15 is 0 Å². The maximum absolute atomic E-state index is 5.76. The Morgan fingerprint density at radius 2 is 1.19 bits per heavy atom. The van der Waals surface area contributed by atoms with E-state index in [4.69, 9.17) is 10.7 Å². The van der Waals surface area contributed by atoms with Crippen LogP contribution in [0.15, 0.2) is 158 Å². The first kappa shape index (κ1) is 28.6. The monoisotopic (exact) mass is 602 g/mol. The molecular formula is C45H34N2. The van der Waals surface area contributed by atoms with Crippen molar-refractivity contribution < 1.29 is 0 Å². The summed E-state index contributed by atoms with van der Waals surface area (Å²) in [5.74, 6) is 0. The van der Waals surface area contributed by atoms with Crippen LogP contribution in [0.25, 0.3) is 82.2 Å². The molecule has 0 aliphatic heterocycles. The molecule has 0 atom stereocenters. The zero-order valence-corrected chi connectivity index (χ0v) is 26.4. The second kappa shape index (κ2) is 11.8. The van der Waals surface area contributed by atoms with Gasteiger partial charge in [0.05, 0.1) is 5.69 Å². The van der Waals surface area contributed by atoms with Gasteiger partial charge in [0.1, 0.15) is 0 Å². The van der Waals surface area contributed by atoms with Crippen molar-refractivity contribution in [1.82, 2.24) is 4.98 Å². The number of hydrogen-bond donors (Lipinski definition) is 1. The lowest BCUT2D eigenvalue weighted by atomic mass is 9.83. The van der Waals surface area contributed by atoms with Crippen molar-refractivity contribution in [3.8, 4) is 33.5 Å². The number of rotatable bonds is 6. The number of allylic oxidation sites excluding steroid dienone is 2. The van der Waals surface area contributed by atoms with Gasteiger partial charge in [0.25, 0.3) is 0 Å². The van der Waals surface area contributed by atoms with Crippen LogP contribution in [0.5, 0.6) is 0 Å². The molecule has 0 aliphatic rings. The molecule has 0 fully saturated rings. The topological polar surface area (TPSA) is 38.9 Å². The van der Waals surface area contributed by atoms with E-state index in [1.54, 1.807) is 0 Å². The minimum absolute atomic E-state index is 0.466. The molecule has 0 bridgehead atoms. The molecule has 47 heavy (non-hydrogen) atoms. The SMILES string of the molecule is C=C(/C=C\CN)c1cccnc1-c1ccc(-c2c3ccccc3c(-c3ccc4cc(C)ccc4c3)c3ccccc23)c2ccccc12. The van der Waals surface area contributed by atoms with Crippen molar-refractivity contribution in [2.24, 2.45) is 5.73 Å². The van der Waals surface area contributed by atoms with Gasteiger partial charge in [-0.1, -0.05) is 146 Å². The first-order valence-electron chi connectivity index (χ1n) is 16.1.